The molecule has 0 unspecified atom stereocenters. The topological polar surface area (TPSA) is 46.8 Å². The van der Waals surface area contributed by atoms with Crippen molar-refractivity contribution in [1.82, 2.24) is 14.3 Å². The zero-order valence-corrected chi connectivity index (χ0v) is 15.2. The molecule has 0 saturated carbocycles. The van der Waals surface area contributed by atoms with Crippen molar-refractivity contribution in [3.8, 4) is 0 Å². The van der Waals surface area contributed by atoms with Crippen LogP contribution in [0.4, 0.5) is 0 Å². The van der Waals surface area contributed by atoms with Crippen molar-refractivity contribution in [3.63, 3.8) is 0 Å². The number of rotatable bonds is 4. The van der Waals surface area contributed by atoms with E-state index in [1.54, 1.807) is 11.3 Å². The first-order chi connectivity index (χ1) is 11.3. The van der Waals surface area contributed by atoms with Crippen molar-refractivity contribution in [2.45, 2.75) is 26.3 Å². The Balaban J connectivity index is 0.00000169. The highest BCUT2D eigenvalue weighted by atomic mass is 35.5. The lowest BCUT2D eigenvalue weighted by Gasteiger charge is -2.26. The van der Waals surface area contributed by atoms with Crippen molar-refractivity contribution in [2.24, 2.45) is 0 Å². The summed E-state index contributed by atoms with van der Waals surface area (Å²) in [5.41, 5.74) is 3.64. The van der Waals surface area contributed by atoms with E-state index in [0.717, 1.165) is 36.5 Å². The van der Waals surface area contributed by atoms with Gasteiger partial charge in [0.2, 0.25) is 0 Å². The Hall–Kier alpha value is -1.63. The van der Waals surface area contributed by atoms with Crippen molar-refractivity contribution >= 4 is 45.7 Å². The van der Waals surface area contributed by atoms with Crippen LogP contribution in [0.15, 0.2) is 24.3 Å². The molecular weight excluding hydrogens is 346 g/mol. The van der Waals surface area contributed by atoms with Crippen molar-refractivity contribution in [3.05, 3.63) is 34.8 Å². The number of ether oxygens (including phenoxy) is 1. The standard InChI is InChI=1S/C17H19N3O2S.ClH/c1-2-22-16(21)8-10-19-9-7-14-15(11-19)23-17-18-12-5-3-4-6-13(12)20(14)17;/h3-6H,2,7-11H2,1H3;1H. The van der Waals surface area contributed by atoms with Gasteiger partial charge < -0.3 is 4.74 Å². The number of carbonyl (C=O) groups is 1. The fraction of sp³-hybridized carbons (Fsp3) is 0.412. The molecule has 2 aromatic heterocycles. The third-order valence-corrected chi connectivity index (χ3v) is 5.37. The van der Waals surface area contributed by atoms with Gasteiger partial charge in [0, 0.05) is 36.6 Å². The number of para-hydroxylation sites is 2. The highest BCUT2D eigenvalue weighted by molar-refractivity contribution is 7.17. The number of hydrogen-bond acceptors (Lipinski definition) is 5. The second-order valence-corrected chi connectivity index (χ2v) is 6.83. The van der Waals surface area contributed by atoms with E-state index >= 15 is 0 Å². The number of imidazole rings is 1. The number of carbonyl (C=O) groups excluding carboxylic acids is 1. The molecule has 3 aromatic rings. The minimum absolute atomic E-state index is 0. The van der Waals surface area contributed by atoms with Crippen LogP contribution < -0.4 is 0 Å². The van der Waals surface area contributed by atoms with Gasteiger partial charge in [0.05, 0.1) is 24.1 Å². The van der Waals surface area contributed by atoms with E-state index in [9.17, 15) is 4.79 Å². The maximum Gasteiger partial charge on any atom is 0.307 e. The van der Waals surface area contributed by atoms with Crippen LogP contribution in [0.2, 0.25) is 0 Å². The fourth-order valence-electron chi connectivity index (χ4n) is 3.22. The summed E-state index contributed by atoms with van der Waals surface area (Å²) in [6.45, 7) is 4.94. The highest BCUT2D eigenvalue weighted by Crippen LogP contribution is 2.31. The Bertz CT molecular complexity index is 873. The second-order valence-electron chi connectivity index (χ2n) is 5.77. The molecule has 1 aliphatic rings. The maximum absolute atomic E-state index is 11.5. The molecule has 0 aliphatic carbocycles. The second kappa shape index (κ2) is 7.09. The summed E-state index contributed by atoms with van der Waals surface area (Å²) in [6.07, 6.45) is 1.47. The third kappa shape index (κ3) is 3.01. The van der Waals surface area contributed by atoms with Crippen molar-refractivity contribution < 1.29 is 9.53 Å². The van der Waals surface area contributed by atoms with Crippen LogP contribution in [0.5, 0.6) is 0 Å². The average Bonchev–Trinajstić information content (AvgIpc) is 3.08. The maximum atomic E-state index is 11.5. The van der Waals surface area contributed by atoms with Crippen LogP contribution in [0.1, 0.15) is 23.9 Å². The molecule has 3 heterocycles. The van der Waals surface area contributed by atoms with E-state index < -0.39 is 0 Å². The zero-order chi connectivity index (χ0) is 15.8. The largest absolute Gasteiger partial charge is 0.466 e. The smallest absolute Gasteiger partial charge is 0.307 e. The summed E-state index contributed by atoms with van der Waals surface area (Å²) in [7, 11) is 0. The molecule has 0 radical (unpaired) electrons. The number of thiazole rings is 1. The van der Waals surface area contributed by atoms with Crippen molar-refractivity contribution in [1.29, 1.82) is 0 Å². The van der Waals surface area contributed by atoms with E-state index in [0.29, 0.717) is 13.0 Å². The van der Waals surface area contributed by atoms with Gasteiger partial charge in [0.25, 0.3) is 0 Å². The molecule has 4 rings (SSSR count). The Kier molecular flexibility index (Phi) is 5.08. The first-order valence-corrected chi connectivity index (χ1v) is 8.83. The highest BCUT2D eigenvalue weighted by Gasteiger charge is 2.23. The molecule has 0 amide bonds. The molecule has 0 atom stereocenters. The van der Waals surface area contributed by atoms with Crippen LogP contribution in [-0.4, -0.2) is 40.0 Å². The Morgan fingerprint density at radius 1 is 1.38 bits per heavy atom. The number of aromatic nitrogens is 2. The monoisotopic (exact) mass is 365 g/mol. The van der Waals surface area contributed by atoms with Gasteiger partial charge in [0.15, 0.2) is 4.96 Å². The number of fused-ring (bicyclic) bond motifs is 5. The lowest BCUT2D eigenvalue weighted by atomic mass is 10.1. The predicted molar refractivity (Wildman–Crippen MR) is 98.1 cm³/mol. The lowest BCUT2D eigenvalue weighted by Crippen LogP contribution is -2.32. The number of esters is 1. The molecule has 1 aliphatic heterocycles. The van der Waals surface area contributed by atoms with E-state index in [2.05, 4.69) is 27.5 Å². The van der Waals surface area contributed by atoms with Gasteiger partial charge in [-0.1, -0.05) is 23.5 Å². The van der Waals surface area contributed by atoms with Gasteiger partial charge >= 0.3 is 5.97 Å². The molecule has 7 heteroatoms. The molecule has 0 bridgehead atoms. The fourth-order valence-corrected chi connectivity index (χ4v) is 4.44. The van der Waals surface area contributed by atoms with Gasteiger partial charge in [-0.3, -0.25) is 14.1 Å². The van der Waals surface area contributed by atoms with Crippen LogP contribution in [0.25, 0.3) is 16.0 Å². The van der Waals surface area contributed by atoms with Gasteiger partial charge in [-0.2, -0.15) is 0 Å². The number of hydrogen-bond donors (Lipinski definition) is 0. The van der Waals surface area contributed by atoms with Gasteiger partial charge in [-0.05, 0) is 19.1 Å². The van der Waals surface area contributed by atoms with Gasteiger partial charge in [-0.25, -0.2) is 4.98 Å². The Labute approximate surface area is 150 Å². The van der Waals surface area contributed by atoms with Gasteiger partial charge in [0.1, 0.15) is 0 Å². The average molecular weight is 366 g/mol. The molecule has 0 N–H and O–H groups in total. The molecule has 0 saturated heterocycles. The van der Waals surface area contributed by atoms with E-state index in [4.69, 9.17) is 9.72 Å². The molecule has 0 spiro atoms. The van der Waals surface area contributed by atoms with Gasteiger partial charge in [-0.15, -0.1) is 12.4 Å². The number of benzene rings is 1. The summed E-state index contributed by atoms with van der Waals surface area (Å²) in [6, 6.07) is 8.30. The Morgan fingerprint density at radius 2 is 2.21 bits per heavy atom. The SMILES string of the molecule is CCOC(=O)CCN1CCc2c(sc3nc4ccccc4n23)C1.Cl. The van der Waals surface area contributed by atoms with Crippen LogP contribution in [-0.2, 0) is 22.5 Å². The molecule has 5 nitrogen and oxygen atoms in total. The summed E-state index contributed by atoms with van der Waals surface area (Å²) in [5, 5.41) is 0. The summed E-state index contributed by atoms with van der Waals surface area (Å²) in [5.74, 6) is -0.106. The predicted octanol–water partition coefficient (Wildman–Crippen LogP) is 3.28. The number of nitrogens with zero attached hydrogens (tertiary/aromatic N) is 3. The molecular formula is C17H20ClN3O2S. The molecule has 128 valence electrons. The summed E-state index contributed by atoms with van der Waals surface area (Å²) >= 11 is 1.77. The Morgan fingerprint density at radius 3 is 3.04 bits per heavy atom. The summed E-state index contributed by atoms with van der Waals surface area (Å²) < 4.78 is 7.31. The van der Waals surface area contributed by atoms with E-state index in [1.165, 1.54) is 16.1 Å². The minimum Gasteiger partial charge on any atom is -0.466 e. The van der Waals surface area contributed by atoms with Crippen LogP contribution in [0.3, 0.4) is 0 Å². The lowest BCUT2D eigenvalue weighted by molar-refractivity contribution is -0.143. The van der Waals surface area contributed by atoms with Crippen LogP contribution >= 0.6 is 23.7 Å². The molecule has 1 aromatic carbocycles. The van der Waals surface area contributed by atoms with Crippen molar-refractivity contribution in [2.75, 3.05) is 19.7 Å². The van der Waals surface area contributed by atoms with Crippen LogP contribution in [0, 0.1) is 0 Å². The minimum atomic E-state index is -0.106. The molecule has 0 fully saturated rings. The molecule has 24 heavy (non-hydrogen) atoms. The summed E-state index contributed by atoms with van der Waals surface area (Å²) in [4.78, 5) is 21.0. The van der Waals surface area contributed by atoms with E-state index in [-0.39, 0.29) is 18.4 Å². The first-order valence-electron chi connectivity index (χ1n) is 8.02. The normalized spacial score (nSPS) is 14.5. The quantitative estimate of drug-likeness (QED) is 0.666. The number of halogens is 1. The zero-order valence-electron chi connectivity index (χ0n) is 13.5. The van der Waals surface area contributed by atoms with E-state index in [1.807, 2.05) is 13.0 Å². The first kappa shape index (κ1) is 17.2. The third-order valence-electron chi connectivity index (χ3n) is 4.31.